The van der Waals surface area contributed by atoms with Crippen molar-refractivity contribution in [2.45, 2.75) is 83.7 Å². The summed E-state index contributed by atoms with van der Waals surface area (Å²) in [5.74, 6) is 3.46. The summed E-state index contributed by atoms with van der Waals surface area (Å²) in [6.45, 7) is 6.74. The fourth-order valence-electron chi connectivity index (χ4n) is 8.17. The molecule has 0 bridgehead atoms. The highest BCUT2D eigenvalue weighted by molar-refractivity contribution is 5.13. The van der Waals surface area contributed by atoms with Crippen molar-refractivity contribution in [3.05, 3.63) is 0 Å². The molecule has 25 heavy (non-hydrogen) atoms. The van der Waals surface area contributed by atoms with Crippen LogP contribution in [0.15, 0.2) is 0 Å². The Labute approximate surface area is 154 Å². The van der Waals surface area contributed by atoms with E-state index in [1.54, 1.807) is 0 Å². The van der Waals surface area contributed by atoms with Crippen LogP contribution in [0.5, 0.6) is 0 Å². The second-order valence-electron chi connectivity index (χ2n) is 10.4. The molecular weight excluding hydrogens is 310 g/mol. The average Bonchev–Trinajstić information content (AvgIpc) is 2.86. The molecule has 7 atom stereocenters. The summed E-state index contributed by atoms with van der Waals surface area (Å²) in [5, 5.41) is 22.8. The van der Waals surface area contributed by atoms with Crippen molar-refractivity contribution >= 4 is 0 Å². The Kier molecular flexibility index (Phi) is 4.74. The van der Waals surface area contributed by atoms with Crippen molar-refractivity contribution in [3.8, 4) is 0 Å². The van der Waals surface area contributed by atoms with Crippen LogP contribution < -0.4 is 5.32 Å². The molecule has 0 heterocycles. The zero-order valence-electron chi connectivity index (χ0n) is 16.5. The fourth-order valence-corrected chi connectivity index (χ4v) is 8.17. The van der Waals surface area contributed by atoms with Crippen LogP contribution in [0.2, 0.25) is 0 Å². The lowest BCUT2D eigenvalue weighted by atomic mass is 9.44. The minimum atomic E-state index is -0.526. The Bertz CT molecular complexity index is 496. The molecule has 0 saturated heterocycles. The molecule has 144 valence electrons. The van der Waals surface area contributed by atoms with Gasteiger partial charge in [-0.2, -0.15) is 0 Å². The zero-order chi connectivity index (χ0) is 17.7. The third-order valence-corrected chi connectivity index (χ3v) is 9.72. The molecule has 4 saturated carbocycles. The highest BCUT2D eigenvalue weighted by Crippen LogP contribution is 2.67. The molecule has 0 unspecified atom stereocenters. The number of nitrogens with two attached hydrogens (primary N) is 1. The number of rotatable bonds is 4. The van der Waals surface area contributed by atoms with Gasteiger partial charge in [0.2, 0.25) is 0 Å². The van der Waals surface area contributed by atoms with Gasteiger partial charge in [0.15, 0.2) is 0 Å². The first-order valence-corrected chi connectivity index (χ1v) is 11.1. The van der Waals surface area contributed by atoms with E-state index in [0.29, 0.717) is 5.41 Å². The zero-order valence-corrected chi connectivity index (χ0v) is 16.5. The summed E-state index contributed by atoms with van der Waals surface area (Å²) < 4.78 is 0. The minimum Gasteiger partial charge on any atom is -0.391 e. The van der Waals surface area contributed by atoms with Gasteiger partial charge in [0, 0.05) is 5.41 Å². The van der Waals surface area contributed by atoms with E-state index in [4.69, 9.17) is 5.11 Å². The molecule has 0 aliphatic heterocycles. The Balaban J connectivity index is 1.55. The molecule has 4 N–H and O–H groups in total. The molecule has 0 aromatic heterocycles. The van der Waals surface area contributed by atoms with Crippen molar-refractivity contribution in [1.29, 1.82) is 0 Å². The predicted octanol–water partition coefficient (Wildman–Crippen LogP) is 2.71. The molecule has 3 nitrogen and oxygen atoms in total. The quantitative estimate of drug-likeness (QED) is 0.683. The monoisotopic (exact) mass is 350 g/mol. The van der Waals surface area contributed by atoms with Gasteiger partial charge in [0.25, 0.3) is 0 Å². The number of aliphatic hydroxyl groups excluding tert-OH is 1. The molecule has 0 aromatic rings. The summed E-state index contributed by atoms with van der Waals surface area (Å²) in [4.78, 5) is 0. The van der Waals surface area contributed by atoms with E-state index in [1.807, 2.05) is 0 Å². The first-order valence-electron chi connectivity index (χ1n) is 11.1. The number of aliphatic hydroxyl groups is 2. The van der Waals surface area contributed by atoms with Crippen LogP contribution in [-0.2, 0) is 0 Å². The molecule has 0 amide bonds. The normalized spacial score (nSPS) is 52.3. The second-order valence-corrected chi connectivity index (χ2v) is 10.4. The summed E-state index contributed by atoms with van der Waals surface area (Å²) >= 11 is 0. The number of hydrogen-bond acceptors (Lipinski definition) is 2. The van der Waals surface area contributed by atoms with Crippen LogP contribution in [0, 0.1) is 34.5 Å². The van der Waals surface area contributed by atoms with Crippen LogP contribution in [0.1, 0.15) is 78.1 Å². The van der Waals surface area contributed by atoms with E-state index >= 15 is 0 Å². The van der Waals surface area contributed by atoms with Gasteiger partial charge in [-0.15, -0.1) is 0 Å². The van der Waals surface area contributed by atoms with Gasteiger partial charge >= 0.3 is 0 Å². The van der Waals surface area contributed by atoms with Crippen molar-refractivity contribution in [2.24, 2.45) is 34.5 Å². The molecule has 0 aromatic carbocycles. The maximum Gasteiger partial charge on any atom is 0.119 e. The summed E-state index contributed by atoms with van der Waals surface area (Å²) in [5.41, 5.74) is 0.159. The smallest absolute Gasteiger partial charge is 0.119 e. The van der Waals surface area contributed by atoms with Gasteiger partial charge < -0.3 is 15.5 Å². The second kappa shape index (κ2) is 6.49. The lowest BCUT2D eigenvalue weighted by Crippen LogP contribution is -2.90. The first-order chi connectivity index (χ1) is 11.9. The van der Waals surface area contributed by atoms with E-state index in [9.17, 15) is 5.11 Å². The van der Waals surface area contributed by atoms with Crippen molar-refractivity contribution in [2.75, 3.05) is 19.7 Å². The van der Waals surface area contributed by atoms with Gasteiger partial charge in [-0.3, -0.25) is 0 Å². The van der Waals surface area contributed by atoms with E-state index in [0.717, 1.165) is 43.2 Å². The Hall–Kier alpha value is -0.120. The highest BCUT2D eigenvalue weighted by atomic mass is 16.3. The Morgan fingerprint density at radius 1 is 0.920 bits per heavy atom. The molecule has 4 rings (SSSR count). The maximum atomic E-state index is 11.5. The van der Waals surface area contributed by atoms with E-state index < -0.39 is 5.60 Å². The van der Waals surface area contributed by atoms with Crippen LogP contribution in [-0.4, -0.2) is 35.5 Å². The largest absolute Gasteiger partial charge is 0.391 e. The molecule has 4 aliphatic carbocycles. The topological polar surface area (TPSA) is 57.1 Å². The fraction of sp³-hybridized carbons (Fsp3) is 1.00. The lowest BCUT2D eigenvalue weighted by molar-refractivity contribution is -0.671. The van der Waals surface area contributed by atoms with Crippen LogP contribution >= 0.6 is 0 Å². The molecule has 4 fully saturated rings. The molecule has 3 heteroatoms. The van der Waals surface area contributed by atoms with Crippen LogP contribution in [0.4, 0.5) is 0 Å². The van der Waals surface area contributed by atoms with E-state index in [2.05, 4.69) is 19.2 Å². The first kappa shape index (κ1) is 18.3. The van der Waals surface area contributed by atoms with Crippen molar-refractivity contribution < 1.29 is 15.5 Å². The van der Waals surface area contributed by atoms with E-state index in [1.165, 1.54) is 57.8 Å². The van der Waals surface area contributed by atoms with Crippen molar-refractivity contribution in [1.82, 2.24) is 0 Å². The van der Waals surface area contributed by atoms with Gasteiger partial charge in [0.1, 0.15) is 12.1 Å². The molecule has 0 radical (unpaired) electrons. The summed E-state index contributed by atoms with van der Waals surface area (Å²) in [6.07, 6.45) is 13.4. The predicted molar refractivity (Wildman–Crippen MR) is 100 cm³/mol. The van der Waals surface area contributed by atoms with Gasteiger partial charge in [-0.05, 0) is 80.5 Å². The van der Waals surface area contributed by atoms with Crippen LogP contribution in [0.3, 0.4) is 0 Å². The Morgan fingerprint density at radius 3 is 2.52 bits per heavy atom. The van der Waals surface area contributed by atoms with Gasteiger partial charge in [-0.1, -0.05) is 26.7 Å². The third kappa shape index (κ3) is 2.63. The molecule has 4 aliphatic rings. The number of fused-ring (bicyclic) bond motifs is 5. The molecular formula is C22H40NO2+. The number of quaternary nitrogens is 1. The van der Waals surface area contributed by atoms with Crippen molar-refractivity contribution in [3.63, 3.8) is 0 Å². The van der Waals surface area contributed by atoms with E-state index in [-0.39, 0.29) is 12.0 Å². The number of hydrogen-bond donors (Lipinski definition) is 3. The lowest BCUT2D eigenvalue weighted by Gasteiger charge is -2.61. The van der Waals surface area contributed by atoms with Crippen LogP contribution in [0.25, 0.3) is 0 Å². The van der Waals surface area contributed by atoms with Gasteiger partial charge in [-0.25, -0.2) is 0 Å². The maximum absolute atomic E-state index is 11.5. The molecule has 0 spiro atoms. The third-order valence-electron chi connectivity index (χ3n) is 9.72. The highest BCUT2D eigenvalue weighted by Gasteiger charge is 2.64. The standard InChI is InChI=1S/C22H39NO2/c1-20-10-4-3-5-16(20)6-7-17-18(20)8-11-21(2)19(17)9-12-22(21,25)15-23-13-14-24/h16-19,23-25H,3-15H2,1-2H3/p+1/t16-,17-,18-,19-,20+,21+,22-/m1/s1. The average molecular weight is 351 g/mol. The summed E-state index contributed by atoms with van der Waals surface area (Å²) in [6, 6.07) is 0. The minimum absolute atomic E-state index is 0.0952. The summed E-state index contributed by atoms with van der Waals surface area (Å²) in [7, 11) is 0. The SMILES string of the molecule is C[C@]12CCCC[C@@H]1CC[C@@H]1[C@H]2CC[C@@]2(C)[C@@H]1CC[C@@]2(O)C[NH2+]CCO. The Morgan fingerprint density at radius 2 is 1.72 bits per heavy atom. The van der Waals surface area contributed by atoms with Gasteiger partial charge in [0.05, 0.1) is 13.2 Å².